The quantitative estimate of drug-likeness (QED) is 0.489. The molecule has 0 radical (unpaired) electrons. The third-order valence-electron chi connectivity index (χ3n) is 4.18. The zero-order valence-electron chi connectivity index (χ0n) is 16.4. The third kappa shape index (κ3) is 4.61. The van der Waals surface area contributed by atoms with Crippen molar-refractivity contribution in [3.63, 3.8) is 0 Å². The summed E-state index contributed by atoms with van der Waals surface area (Å²) in [6.45, 7) is 1.91. The van der Waals surface area contributed by atoms with E-state index < -0.39 is 16.0 Å². The van der Waals surface area contributed by atoms with Crippen LogP contribution in [0.4, 0.5) is 0 Å². The van der Waals surface area contributed by atoms with E-state index in [4.69, 9.17) is 19.0 Å². The van der Waals surface area contributed by atoms with Crippen LogP contribution >= 0.6 is 0 Å². The zero-order valence-corrected chi connectivity index (χ0v) is 17.2. The molecule has 28 heavy (non-hydrogen) atoms. The van der Waals surface area contributed by atoms with Gasteiger partial charge in [0.1, 0.15) is 6.61 Å². The smallest absolute Gasteiger partial charge is 0.338 e. The second-order valence-corrected chi connectivity index (χ2v) is 7.77. The summed E-state index contributed by atoms with van der Waals surface area (Å²) in [4.78, 5) is 17.0. The summed E-state index contributed by atoms with van der Waals surface area (Å²) in [5, 5.41) is 0. The fraction of sp³-hybridized carbons (Fsp3) is 0.316. The average Bonchev–Trinajstić information content (AvgIpc) is 2.71. The topological polar surface area (TPSA) is 91.4 Å². The van der Waals surface area contributed by atoms with Crippen molar-refractivity contribution in [1.82, 2.24) is 4.47 Å². The lowest BCUT2D eigenvalue weighted by Crippen LogP contribution is -2.25. The van der Waals surface area contributed by atoms with Gasteiger partial charge in [-0.25, -0.2) is 13.2 Å². The highest BCUT2D eigenvalue weighted by Gasteiger charge is 2.21. The Morgan fingerprint density at radius 3 is 2.11 bits per heavy atom. The molecule has 0 spiro atoms. The van der Waals surface area contributed by atoms with Gasteiger partial charge in [0, 0.05) is 7.05 Å². The van der Waals surface area contributed by atoms with Gasteiger partial charge in [0.05, 0.1) is 31.8 Å². The molecule has 0 amide bonds. The lowest BCUT2D eigenvalue weighted by Gasteiger charge is -2.14. The molecule has 0 bridgehead atoms. The van der Waals surface area contributed by atoms with Gasteiger partial charge >= 0.3 is 5.97 Å². The summed E-state index contributed by atoms with van der Waals surface area (Å²) >= 11 is 0. The van der Waals surface area contributed by atoms with E-state index in [-0.39, 0.29) is 17.1 Å². The maximum absolute atomic E-state index is 12.3. The largest absolute Gasteiger partial charge is 0.493 e. The number of aryl methyl sites for hydroxylation is 1. The number of hydrogen-bond acceptors (Lipinski definition) is 7. The van der Waals surface area contributed by atoms with E-state index >= 15 is 0 Å². The highest BCUT2D eigenvalue weighted by molar-refractivity contribution is 7.89. The monoisotopic (exact) mass is 409 g/mol. The predicted molar refractivity (Wildman–Crippen MR) is 102 cm³/mol. The Bertz CT molecular complexity index is 939. The van der Waals surface area contributed by atoms with Crippen LogP contribution < -0.4 is 9.47 Å². The number of sulfonamides is 1. The Labute approximate surface area is 164 Å². The van der Waals surface area contributed by atoms with Crippen molar-refractivity contribution >= 4 is 16.0 Å². The fourth-order valence-corrected chi connectivity index (χ4v) is 3.39. The van der Waals surface area contributed by atoms with Crippen LogP contribution in [0.15, 0.2) is 41.3 Å². The number of hydroxylamine groups is 1. The molecule has 0 saturated heterocycles. The van der Waals surface area contributed by atoms with Crippen molar-refractivity contribution in [1.29, 1.82) is 0 Å². The van der Waals surface area contributed by atoms with Crippen molar-refractivity contribution < 1.29 is 32.3 Å². The summed E-state index contributed by atoms with van der Waals surface area (Å²) < 4.78 is 40.9. The molecule has 0 N–H and O–H groups in total. The summed E-state index contributed by atoms with van der Waals surface area (Å²) in [5.41, 5.74) is 1.89. The number of carbonyl (C=O) groups excluding carboxylic acids is 1. The van der Waals surface area contributed by atoms with Crippen LogP contribution in [0, 0.1) is 6.92 Å². The van der Waals surface area contributed by atoms with Crippen LogP contribution in [-0.4, -0.2) is 47.2 Å². The number of benzene rings is 2. The zero-order chi connectivity index (χ0) is 20.9. The molecule has 2 rings (SSSR count). The van der Waals surface area contributed by atoms with Crippen molar-refractivity contribution in [3.05, 3.63) is 53.1 Å². The summed E-state index contributed by atoms with van der Waals surface area (Å²) in [7, 11) is 1.83. The molecule has 152 valence electrons. The highest BCUT2D eigenvalue weighted by Crippen LogP contribution is 2.30. The molecule has 9 heteroatoms. The molecule has 0 unspecified atom stereocenters. The van der Waals surface area contributed by atoms with E-state index in [9.17, 15) is 13.2 Å². The molecule has 2 aromatic rings. The third-order valence-corrected chi connectivity index (χ3v) is 5.88. The fourth-order valence-electron chi connectivity index (χ4n) is 2.41. The van der Waals surface area contributed by atoms with Crippen LogP contribution in [0.1, 0.15) is 21.5 Å². The average molecular weight is 409 g/mol. The van der Waals surface area contributed by atoms with Crippen molar-refractivity contribution in [2.24, 2.45) is 0 Å². The number of nitrogens with zero attached hydrogens (tertiary/aromatic N) is 1. The number of methoxy groups -OCH3 is 2. The summed E-state index contributed by atoms with van der Waals surface area (Å²) in [6.07, 6.45) is 0. The van der Waals surface area contributed by atoms with E-state index in [1.165, 1.54) is 45.5 Å². The molecule has 0 heterocycles. The normalized spacial score (nSPS) is 11.4. The Morgan fingerprint density at radius 2 is 1.57 bits per heavy atom. The van der Waals surface area contributed by atoms with Crippen LogP contribution in [-0.2, 0) is 26.2 Å². The number of rotatable bonds is 8. The number of ether oxygens (including phenoxy) is 3. The van der Waals surface area contributed by atoms with E-state index in [0.717, 1.165) is 15.6 Å². The Hall–Kier alpha value is -2.62. The molecule has 0 aliphatic heterocycles. The SMILES string of the molecule is COc1cc(C)c(COC(=O)c2ccc(S(=O)(=O)N(C)OC)cc2)cc1OC. The van der Waals surface area contributed by atoms with Gasteiger partial charge in [-0.05, 0) is 54.4 Å². The molecule has 0 aliphatic carbocycles. The van der Waals surface area contributed by atoms with Gasteiger partial charge in [-0.1, -0.05) is 4.47 Å². The minimum Gasteiger partial charge on any atom is -0.493 e. The first-order valence-corrected chi connectivity index (χ1v) is 9.70. The second-order valence-electron chi connectivity index (χ2n) is 5.83. The summed E-state index contributed by atoms with van der Waals surface area (Å²) in [5.74, 6) is 0.558. The van der Waals surface area contributed by atoms with Gasteiger partial charge < -0.3 is 14.2 Å². The van der Waals surface area contributed by atoms with Gasteiger partial charge in [-0.15, -0.1) is 0 Å². The van der Waals surface area contributed by atoms with E-state index in [2.05, 4.69) is 0 Å². The van der Waals surface area contributed by atoms with Gasteiger partial charge in [0.2, 0.25) is 0 Å². The Morgan fingerprint density at radius 1 is 1.00 bits per heavy atom. The van der Waals surface area contributed by atoms with E-state index in [1.54, 1.807) is 19.2 Å². The number of carbonyl (C=O) groups is 1. The number of esters is 1. The minimum absolute atomic E-state index is 0.00383. The maximum Gasteiger partial charge on any atom is 0.338 e. The Balaban J connectivity index is 2.12. The summed E-state index contributed by atoms with van der Waals surface area (Å²) in [6, 6.07) is 8.97. The minimum atomic E-state index is -3.77. The second kappa shape index (κ2) is 9.05. The van der Waals surface area contributed by atoms with Crippen LogP contribution in [0.3, 0.4) is 0 Å². The van der Waals surface area contributed by atoms with E-state index in [0.29, 0.717) is 11.5 Å². The van der Waals surface area contributed by atoms with Gasteiger partial charge in [0.15, 0.2) is 11.5 Å². The van der Waals surface area contributed by atoms with Crippen molar-refractivity contribution in [2.45, 2.75) is 18.4 Å². The molecule has 8 nitrogen and oxygen atoms in total. The molecule has 0 atom stereocenters. The first-order valence-electron chi connectivity index (χ1n) is 8.26. The van der Waals surface area contributed by atoms with Crippen molar-refractivity contribution in [3.8, 4) is 11.5 Å². The molecule has 0 aliphatic rings. The predicted octanol–water partition coefficient (Wildman–Crippen LogP) is 2.55. The highest BCUT2D eigenvalue weighted by atomic mass is 32.2. The first kappa shape index (κ1) is 21.7. The molecular formula is C19H23NO7S. The maximum atomic E-state index is 12.3. The number of hydrogen-bond donors (Lipinski definition) is 0. The van der Waals surface area contributed by atoms with Crippen molar-refractivity contribution in [2.75, 3.05) is 28.4 Å². The Kier molecular flexibility index (Phi) is 7.00. The van der Waals surface area contributed by atoms with Gasteiger partial charge in [-0.2, -0.15) is 0 Å². The molecular weight excluding hydrogens is 386 g/mol. The standard InChI is InChI=1S/C19H23NO7S/c1-13-10-17(24-3)18(25-4)11-15(13)12-27-19(21)14-6-8-16(9-7-14)28(22,23)20(2)26-5/h6-11H,12H2,1-5H3. The van der Waals surface area contributed by atoms with Gasteiger partial charge in [-0.3, -0.25) is 4.84 Å². The van der Waals surface area contributed by atoms with E-state index in [1.807, 2.05) is 6.92 Å². The first-order chi connectivity index (χ1) is 13.2. The van der Waals surface area contributed by atoms with Crippen LogP contribution in [0.25, 0.3) is 0 Å². The molecule has 0 saturated carbocycles. The van der Waals surface area contributed by atoms with Gasteiger partial charge in [0.25, 0.3) is 10.0 Å². The van der Waals surface area contributed by atoms with Crippen LogP contribution in [0.5, 0.6) is 11.5 Å². The lowest BCUT2D eigenvalue weighted by molar-refractivity contribution is -0.0258. The van der Waals surface area contributed by atoms with Crippen LogP contribution in [0.2, 0.25) is 0 Å². The lowest BCUT2D eigenvalue weighted by atomic mass is 10.1. The molecule has 0 fully saturated rings. The molecule has 0 aromatic heterocycles. The molecule has 2 aromatic carbocycles.